The summed E-state index contributed by atoms with van der Waals surface area (Å²) in [5.41, 5.74) is 0. The van der Waals surface area contributed by atoms with Crippen LogP contribution in [0.1, 0.15) is 19.3 Å². The molecule has 2 aliphatic heterocycles. The molecular weight excluding hydrogens is 332 g/mol. The Balaban J connectivity index is 1.31. The Morgan fingerprint density at radius 1 is 0.923 bits per heavy atom. The normalized spacial score (nSPS) is 25.1. The summed E-state index contributed by atoms with van der Waals surface area (Å²) in [4.78, 5) is 29.1. The van der Waals surface area contributed by atoms with Crippen LogP contribution in [0.25, 0.3) is 0 Å². The van der Waals surface area contributed by atoms with Crippen molar-refractivity contribution >= 4 is 11.8 Å². The van der Waals surface area contributed by atoms with E-state index in [0.29, 0.717) is 37.7 Å². The standard InChI is InChI=1S/C20H24N2O4/c23-19(15-6-2-1-3-7-15)21-10-12-22(13-11-21)20(24)18-14-25-16-8-4-5-9-17(16)26-18/h1-2,4-5,8-9,15,18H,3,6-7,10-14H2/t15-,18-/m0/s1. The molecule has 1 fully saturated rings. The molecule has 2 atom stereocenters. The summed E-state index contributed by atoms with van der Waals surface area (Å²) < 4.78 is 11.5. The van der Waals surface area contributed by atoms with Crippen molar-refractivity contribution in [3.05, 3.63) is 36.4 Å². The molecule has 3 aliphatic rings. The number of nitrogens with zero attached hydrogens (tertiary/aromatic N) is 2. The lowest BCUT2D eigenvalue weighted by Gasteiger charge is -2.38. The van der Waals surface area contributed by atoms with Crippen molar-refractivity contribution in [3.63, 3.8) is 0 Å². The number of amides is 2. The third-order valence-electron chi connectivity index (χ3n) is 5.31. The van der Waals surface area contributed by atoms with Gasteiger partial charge in [0.1, 0.15) is 6.61 Å². The summed E-state index contributed by atoms with van der Waals surface area (Å²) in [6.07, 6.45) is 6.38. The minimum Gasteiger partial charge on any atom is -0.485 e. The molecule has 0 saturated carbocycles. The Morgan fingerprint density at radius 3 is 2.31 bits per heavy atom. The van der Waals surface area contributed by atoms with Crippen molar-refractivity contribution in [1.29, 1.82) is 0 Å². The first-order chi connectivity index (χ1) is 12.7. The van der Waals surface area contributed by atoms with Gasteiger partial charge in [0.05, 0.1) is 0 Å². The van der Waals surface area contributed by atoms with E-state index in [2.05, 4.69) is 12.2 Å². The zero-order valence-electron chi connectivity index (χ0n) is 14.8. The first-order valence-corrected chi connectivity index (χ1v) is 9.33. The molecule has 0 aromatic heterocycles. The zero-order valence-corrected chi connectivity index (χ0v) is 14.8. The first-order valence-electron chi connectivity index (χ1n) is 9.33. The molecule has 1 saturated heterocycles. The highest BCUT2D eigenvalue weighted by Crippen LogP contribution is 2.31. The third kappa shape index (κ3) is 3.41. The fourth-order valence-electron chi connectivity index (χ4n) is 3.77. The van der Waals surface area contributed by atoms with Gasteiger partial charge in [-0.15, -0.1) is 0 Å². The number of para-hydroxylation sites is 2. The lowest BCUT2D eigenvalue weighted by atomic mass is 9.93. The molecule has 6 heteroatoms. The maximum absolute atomic E-state index is 12.7. The first kappa shape index (κ1) is 16.9. The van der Waals surface area contributed by atoms with Gasteiger partial charge < -0.3 is 19.3 Å². The van der Waals surface area contributed by atoms with Crippen molar-refractivity contribution in [2.45, 2.75) is 25.4 Å². The van der Waals surface area contributed by atoms with Crippen LogP contribution < -0.4 is 9.47 Å². The molecule has 1 aromatic rings. The quantitative estimate of drug-likeness (QED) is 0.759. The molecule has 4 rings (SSSR count). The molecule has 138 valence electrons. The number of hydrogen-bond acceptors (Lipinski definition) is 4. The topological polar surface area (TPSA) is 59.1 Å². The smallest absolute Gasteiger partial charge is 0.267 e. The monoisotopic (exact) mass is 356 g/mol. The molecule has 0 bridgehead atoms. The molecule has 0 spiro atoms. The van der Waals surface area contributed by atoms with Gasteiger partial charge in [-0.3, -0.25) is 9.59 Å². The maximum atomic E-state index is 12.7. The summed E-state index contributed by atoms with van der Waals surface area (Å²) in [7, 11) is 0. The van der Waals surface area contributed by atoms with Gasteiger partial charge in [-0.25, -0.2) is 0 Å². The van der Waals surface area contributed by atoms with Gasteiger partial charge in [0.15, 0.2) is 11.5 Å². The van der Waals surface area contributed by atoms with Crippen LogP contribution in [0.3, 0.4) is 0 Å². The van der Waals surface area contributed by atoms with Crippen LogP contribution in [0.5, 0.6) is 11.5 Å². The molecule has 0 unspecified atom stereocenters. The van der Waals surface area contributed by atoms with E-state index in [1.54, 1.807) is 4.90 Å². The number of fused-ring (bicyclic) bond motifs is 1. The number of rotatable bonds is 2. The highest BCUT2D eigenvalue weighted by atomic mass is 16.6. The second kappa shape index (κ2) is 7.40. The third-order valence-corrected chi connectivity index (χ3v) is 5.31. The lowest BCUT2D eigenvalue weighted by molar-refractivity contribution is -0.147. The van der Waals surface area contributed by atoms with Crippen molar-refractivity contribution in [2.24, 2.45) is 5.92 Å². The van der Waals surface area contributed by atoms with E-state index in [9.17, 15) is 9.59 Å². The van der Waals surface area contributed by atoms with Crippen molar-refractivity contribution in [1.82, 2.24) is 9.80 Å². The lowest BCUT2D eigenvalue weighted by Crippen LogP contribution is -2.55. The van der Waals surface area contributed by atoms with Crippen LogP contribution in [0, 0.1) is 5.92 Å². The summed E-state index contributed by atoms with van der Waals surface area (Å²) in [5, 5.41) is 0. The van der Waals surface area contributed by atoms with Gasteiger partial charge in [0.25, 0.3) is 5.91 Å². The summed E-state index contributed by atoms with van der Waals surface area (Å²) >= 11 is 0. The van der Waals surface area contributed by atoms with E-state index < -0.39 is 6.10 Å². The summed E-state index contributed by atoms with van der Waals surface area (Å²) in [6, 6.07) is 7.38. The van der Waals surface area contributed by atoms with Gasteiger partial charge in [0.2, 0.25) is 12.0 Å². The molecule has 0 N–H and O–H groups in total. The largest absolute Gasteiger partial charge is 0.485 e. The van der Waals surface area contributed by atoms with Crippen LogP contribution in [0.15, 0.2) is 36.4 Å². The average molecular weight is 356 g/mol. The van der Waals surface area contributed by atoms with E-state index in [1.807, 2.05) is 29.2 Å². The zero-order chi connectivity index (χ0) is 17.9. The van der Waals surface area contributed by atoms with Crippen molar-refractivity contribution < 1.29 is 19.1 Å². The van der Waals surface area contributed by atoms with Gasteiger partial charge in [-0.05, 0) is 31.4 Å². The van der Waals surface area contributed by atoms with Crippen LogP contribution in [-0.4, -0.2) is 60.5 Å². The molecule has 1 aliphatic carbocycles. The Bertz CT molecular complexity index is 710. The van der Waals surface area contributed by atoms with Gasteiger partial charge in [-0.2, -0.15) is 0 Å². The van der Waals surface area contributed by atoms with Crippen LogP contribution in [0.2, 0.25) is 0 Å². The van der Waals surface area contributed by atoms with E-state index in [-0.39, 0.29) is 24.3 Å². The van der Waals surface area contributed by atoms with E-state index >= 15 is 0 Å². The molecule has 6 nitrogen and oxygen atoms in total. The van der Waals surface area contributed by atoms with Crippen molar-refractivity contribution in [2.75, 3.05) is 32.8 Å². The Morgan fingerprint density at radius 2 is 1.62 bits per heavy atom. The Kier molecular flexibility index (Phi) is 4.82. The van der Waals surface area contributed by atoms with Crippen molar-refractivity contribution in [3.8, 4) is 11.5 Å². The minimum atomic E-state index is -0.615. The van der Waals surface area contributed by atoms with Crippen LogP contribution in [0.4, 0.5) is 0 Å². The number of carbonyl (C=O) groups is 2. The van der Waals surface area contributed by atoms with Crippen LogP contribution >= 0.6 is 0 Å². The van der Waals surface area contributed by atoms with E-state index in [1.165, 1.54) is 0 Å². The highest BCUT2D eigenvalue weighted by molar-refractivity contribution is 5.83. The number of piperazine rings is 1. The Labute approximate surface area is 153 Å². The van der Waals surface area contributed by atoms with Gasteiger partial charge in [-0.1, -0.05) is 24.3 Å². The minimum absolute atomic E-state index is 0.0628. The number of allylic oxidation sites excluding steroid dienone is 2. The number of ether oxygens (including phenoxy) is 2. The number of hydrogen-bond donors (Lipinski definition) is 0. The van der Waals surface area contributed by atoms with Gasteiger partial charge in [0, 0.05) is 32.1 Å². The molecule has 2 heterocycles. The SMILES string of the molecule is O=C([C@H]1CC=CCC1)N1CCN(C(=O)[C@@H]2COc3ccccc3O2)CC1. The second-order valence-electron chi connectivity index (χ2n) is 7.00. The molecular formula is C20H24N2O4. The molecule has 0 radical (unpaired) electrons. The highest BCUT2D eigenvalue weighted by Gasteiger charge is 2.34. The van der Waals surface area contributed by atoms with E-state index in [4.69, 9.17) is 9.47 Å². The second-order valence-corrected chi connectivity index (χ2v) is 7.00. The van der Waals surface area contributed by atoms with Crippen LogP contribution in [-0.2, 0) is 9.59 Å². The predicted molar refractivity (Wildman–Crippen MR) is 96.0 cm³/mol. The molecule has 2 amide bonds. The maximum Gasteiger partial charge on any atom is 0.267 e. The fourth-order valence-corrected chi connectivity index (χ4v) is 3.77. The fraction of sp³-hybridized carbons (Fsp3) is 0.500. The number of carbonyl (C=O) groups excluding carboxylic acids is 2. The van der Waals surface area contributed by atoms with E-state index in [0.717, 1.165) is 19.3 Å². The Hall–Kier alpha value is -2.50. The molecule has 26 heavy (non-hydrogen) atoms. The average Bonchev–Trinajstić information content (AvgIpc) is 2.73. The molecule has 1 aromatic carbocycles. The van der Waals surface area contributed by atoms with Gasteiger partial charge >= 0.3 is 0 Å². The summed E-state index contributed by atoms with van der Waals surface area (Å²) in [6.45, 7) is 2.51. The summed E-state index contributed by atoms with van der Waals surface area (Å²) in [5.74, 6) is 1.55. The number of benzene rings is 1. The predicted octanol–water partition coefficient (Wildman–Crippen LogP) is 1.85.